The van der Waals surface area contributed by atoms with Gasteiger partial charge in [-0.25, -0.2) is 0 Å². The summed E-state index contributed by atoms with van der Waals surface area (Å²) in [6.45, 7) is 27.6. The molecule has 0 aliphatic carbocycles. The summed E-state index contributed by atoms with van der Waals surface area (Å²) in [5.41, 5.74) is 0. The van der Waals surface area contributed by atoms with E-state index in [1.807, 2.05) is 0 Å². The van der Waals surface area contributed by atoms with E-state index in [1.165, 1.54) is 0 Å². The van der Waals surface area contributed by atoms with Gasteiger partial charge in [-0.05, 0) is 0 Å². The Morgan fingerprint density at radius 2 is 0.524 bits per heavy atom. The maximum absolute atomic E-state index is 2.76. The summed E-state index contributed by atoms with van der Waals surface area (Å²) in [5, 5.41) is 0. The number of hydrogen-bond acceptors (Lipinski definition) is 4. The van der Waals surface area contributed by atoms with Crippen LogP contribution in [-0.4, -0.2) is 71.0 Å². The van der Waals surface area contributed by atoms with E-state index in [0.29, 0.717) is 0 Å². The number of hydrogen-bond donors (Lipinski definition) is 0. The van der Waals surface area contributed by atoms with Gasteiger partial charge in [0.05, 0.1) is 0 Å². The molecule has 0 rings (SSSR count). The Morgan fingerprint density at radius 1 is 0.381 bits per heavy atom. The second-order valence-electron chi connectivity index (χ2n) is 5.29. The van der Waals surface area contributed by atoms with Crippen LogP contribution in [0.5, 0.6) is 0 Å². The molecule has 0 heterocycles. The fourth-order valence-corrected chi connectivity index (χ4v) is 9.59. The van der Waals surface area contributed by atoms with E-state index >= 15 is 0 Å². The van der Waals surface area contributed by atoms with Gasteiger partial charge in [-0.2, -0.15) is 0 Å². The van der Waals surface area contributed by atoms with Crippen LogP contribution in [0.4, 0.5) is 0 Å². The van der Waals surface area contributed by atoms with Gasteiger partial charge in [-0.1, -0.05) is 0 Å². The molecular formula is C16H41N4P. The summed E-state index contributed by atoms with van der Waals surface area (Å²) in [4.78, 5) is 0. The van der Waals surface area contributed by atoms with Crippen LogP contribution in [-0.2, 0) is 0 Å². The Hall–Kier alpha value is 0.270. The minimum absolute atomic E-state index is 1.13. The Kier molecular flexibility index (Phi) is 11.0. The fraction of sp³-hybridized carbons (Fsp3) is 1.00. The quantitative estimate of drug-likeness (QED) is 0.508. The molecule has 0 aromatic rings. The van der Waals surface area contributed by atoms with Crippen molar-refractivity contribution in [3.63, 3.8) is 0 Å². The molecule has 0 saturated heterocycles. The molecule has 0 aliphatic rings. The van der Waals surface area contributed by atoms with Crippen molar-refractivity contribution in [2.24, 2.45) is 0 Å². The van der Waals surface area contributed by atoms with Gasteiger partial charge < -0.3 is 0 Å². The van der Waals surface area contributed by atoms with Crippen molar-refractivity contribution in [1.29, 1.82) is 0 Å². The Morgan fingerprint density at radius 3 is 0.619 bits per heavy atom. The van der Waals surface area contributed by atoms with Crippen LogP contribution in [0.1, 0.15) is 55.4 Å². The zero-order chi connectivity index (χ0) is 16.5. The second kappa shape index (κ2) is 10.9. The predicted molar refractivity (Wildman–Crippen MR) is 100.0 cm³/mol. The van der Waals surface area contributed by atoms with Crippen LogP contribution >= 0.6 is 7.87 Å². The number of rotatable bonds is 12. The van der Waals surface area contributed by atoms with E-state index in [4.69, 9.17) is 0 Å². The molecule has 21 heavy (non-hydrogen) atoms. The summed E-state index contributed by atoms with van der Waals surface area (Å²) in [7, 11) is -1.98. The van der Waals surface area contributed by atoms with Gasteiger partial charge in [0, 0.05) is 0 Å². The van der Waals surface area contributed by atoms with E-state index in [2.05, 4.69) is 74.1 Å². The van der Waals surface area contributed by atoms with Gasteiger partial charge in [-0.15, -0.1) is 0 Å². The molecule has 0 spiro atoms. The van der Waals surface area contributed by atoms with Gasteiger partial charge >= 0.3 is 134 Å². The van der Waals surface area contributed by atoms with E-state index in [0.717, 1.165) is 52.4 Å². The van der Waals surface area contributed by atoms with Crippen LogP contribution in [0.25, 0.3) is 0 Å². The van der Waals surface area contributed by atoms with E-state index in [9.17, 15) is 0 Å². The van der Waals surface area contributed by atoms with Crippen molar-refractivity contribution < 1.29 is 0 Å². The summed E-state index contributed by atoms with van der Waals surface area (Å²) < 4.78 is 11.1. The van der Waals surface area contributed by atoms with Gasteiger partial charge in [-0.3, -0.25) is 0 Å². The molecule has 130 valence electrons. The van der Waals surface area contributed by atoms with E-state index in [-0.39, 0.29) is 0 Å². The van der Waals surface area contributed by atoms with Crippen molar-refractivity contribution in [2.75, 3.05) is 52.4 Å². The first-order chi connectivity index (χ1) is 10.1. The van der Waals surface area contributed by atoms with Gasteiger partial charge in [0.15, 0.2) is 0 Å². The summed E-state index contributed by atoms with van der Waals surface area (Å²) in [6, 6.07) is 0. The van der Waals surface area contributed by atoms with Crippen molar-refractivity contribution in [2.45, 2.75) is 55.4 Å². The second-order valence-corrected chi connectivity index (χ2v) is 9.02. The molecule has 0 saturated carbocycles. The number of nitrogens with zero attached hydrogens (tertiary/aromatic N) is 4. The van der Waals surface area contributed by atoms with Crippen LogP contribution < -0.4 is 0 Å². The average molecular weight is 321 g/mol. The van der Waals surface area contributed by atoms with Crippen LogP contribution in [0.15, 0.2) is 0 Å². The van der Waals surface area contributed by atoms with Crippen LogP contribution in [0.2, 0.25) is 0 Å². The first-order valence-corrected chi connectivity index (χ1v) is 10.9. The zero-order valence-electron chi connectivity index (χ0n) is 15.9. The molecule has 0 radical (unpaired) electrons. The molecule has 0 amide bonds. The normalized spacial score (nSPS) is 13.9. The average Bonchev–Trinajstić information content (AvgIpc) is 2.51. The molecule has 0 aromatic heterocycles. The maximum atomic E-state index is 2.76. The Bertz CT molecular complexity index is 193. The third-order valence-corrected chi connectivity index (χ3v) is 10.7. The summed E-state index contributed by atoms with van der Waals surface area (Å²) in [6.07, 6.45) is 0. The minimum atomic E-state index is -1.98. The SMILES string of the molecule is CCN(CC)[PH](N(CC)CC)(N(CC)CC)N(CC)CC. The van der Waals surface area contributed by atoms with Crippen molar-refractivity contribution in [3.05, 3.63) is 0 Å². The van der Waals surface area contributed by atoms with Crippen LogP contribution in [0.3, 0.4) is 0 Å². The summed E-state index contributed by atoms with van der Waals surface area (Å²) in [5.74, 6) is 0. The van der Waals surface area contributed by atoms with Gasteiger partial charge in [0.2, 0.25) is 0 Å². The molecular weight excluding hydrogens is 279 g/mol. The molecule has 0 N–H and O–H groups in total. The third kappa shape index (κ3) is 4.17. The van der Waals surface area contributed by atoms with Crippen molar-refractivity contribution in [1.82, 2.24) is 18.7 Å². The monoisotopic (exact) mass is 320 g/mol. The van der Waals surface area contributed by atoms with Gasteiger partial charge in [0.1, 0.15) is 0 Å². The zero-order valence-corrected chi connectivity index (χ0v) is 16.9. The molecule has 0 aromatic carbocycles. The van der Waals surface area contributed by atoms with Crippen LogP contribution in [0, 0.1) is 0 Å². The Balaban J connectivity index is 6.15. The molecule has 5 heteroatoms. The standard InChI is InChI=1S/C16H41N4P/c1-9-17(10-2)21(18(11-3)12-4,19(13-5)14-6)20(15-7)16-8/h21H,9-16H2,1-8H3. The molecule has 0 fully saturated rings. The topological polar surface area (TPSA) is 13.0 Å². The predicted octanol–water partition coefficient (Wildman–Crippen LogP) is 3.76. The van der Waals surface area contributed by atoms with Crippen molar-refractivity contribution >= 4 is 7.87 Å². The van der Waals surface area contributed by atoms with E-state index in [1.54, 1.807) is 0 Å². The fourth-order valence-electron chi connectivity index (χ4n) is 3.79. The van der Waals surface area contributed by atoms with Crippen molar-refractivity contribution in [3.8, 4) is 0 Å². The van der Waals surface area contributed by atoms with Gasteiger partial charge in [0.25, 0.3) is 0 Å². The van der Waals surface area contributed by atoms with E-state index < -0.39 is 7.87 Å². The molecule has 0 aliphatic heterocycles. The molecule has 4 nitrogen and oxygen atoms in total. The first kappa shape index (κ1) is 21.3. The molecule has 0 unspecified atom stereocenters. The summed E-state index contributed by atoms with van der Waals surface area (Å²) >= 11 is 0. The Labute approximate surface area is 135 Å². The molecule has 0 atom stereocenters. The third-order valence-electron chi connectivity index (χ3n) is 4.75. The molecule has 0 bridgehead atoms. The first-order valence-electron chi connectivity index (χ1n) is 9.08.